The van der Waals surface area contributed by atoms with Crippen LogP contribution in [0.4, 0.5) is 8.78 Å². The summed E-state index contributed by atoms with van der Waals surface area (Å²) in [5.41, 5.74) is -1.45. The quantitative estimate of drug-likeness (QED) is 0.750. The van der Waals surface area contributed by atoms with E-state index in [2.05, 4.69) is 0 Å². The van der Waals surface area contributed by atoms with Gasteiger partial charge in [0.1, 0.15) is 28.3 Å². The summed E-state index contributed by atoms with van der Waals surface area (Å²) in [5, 5.41) is 16.7. The summed E-state index contributed by atoms with van der Waals surface area (Å²) in [6, 6.07) is 2.80. The first-order valence-corrected chi connectivity index (χ1v) is 4.59. The van der Waals surface area contributed by atoms with Gasteiger partial charge in [0.05, 0.1) is 6.61 Å². The van der Waals surface area contributed by atoms with Crippen LogP contribution in [0.2, 0.25) is 5.02 Å². The Bertz CT molecular complexity index is 517. The molecule has 0 atom stereocenters. The average molecular weight is 243 g/mol. The molecule has 0 spiro atoms. The number of benzene rings is 1. The van der Waals surface area contributed by atoms with Crippen LogP contribution in [0.25, 0.3) is 0 Å². The zero-order chi connectivity index (χ0) is 12.3. The lowest BCUT2D eigenvalue weighted by Gasteiger charge is -2.10. The molecule has 0 N–H and O–H groups in total. The molecule has 16 heavy (non-hydrogen) atoms. The minimum Gasteiger partial charge on any atom is -0.491 e. The van der Waals surface area contributed by atoms with Gasteiger partial charge in [0.25, 0.3) is 0 Å². The van der Waals surface area contributed by atoms with Crippen LogP contribution < -0.4 is 4.74 Å². The Hall–Kier alpha value is -1.85. The molecule has 0 amide bonds. The van der Waals surface area contributed by atoms with Gasteiger partial charge in [-0.15, -0.1) is 0 Å². The first kappa shape index (κ1) is 12.2. The average Bonchev–Trinajstić information content (AvgIpc) is 2.27. The first-order chi connectivity index (χ1) is 7.58. The SMILES string of the molecule is CCOc1c(Cl)c(F)c(C#N)c(F)c1C#N. The van der Waals surface area contributed by atoms with Crippen molar-refractivity contribution in [1.29, 1.82) is 10.5 Å². The second-order valence-corrected chi connectivity index (χ2v) is 3.06. The van der Waals surface area contributed by atoms with E-state index in [-0.39, 0.29) is 12.4 Å². The summed E-state index contributed by atoms with van der Waals surface area (Å²) in [7, 11) is 0. The third kappa shape index (κ3) is 1.78. The van der Waals surface area contributed by atoms with E-state index in [4.69, 9.17) is 26.9 Å². The third-order valence-corrected chi connectivity index (χ3v) is 2.13. The van der Waals surface area contributed by atoms with Crippen molar-refractivity contribution in [2.24, 2.45) is 0 Å². The number of rotatable bonds is 2. The number of nitriles is 2. The summed E-state index contributed by atoms with van der Waals surface area (Å²) >= 11 is 5.54. The Morgan fingerprint density at radius 1 is 1.19 bits per heavy atom. The number of halogens is 3. The second kappa shape index (κ2) is 4.78. The predicted molar refractivity (Wildman–Crippen MR) is 52.0 cm³/mol. The molecular weight excluding hydrogens is 238 g/mol. The number of hydrogen-bond acceptors (Lipinski definition) is 3. The number of nitrogens with zero attached hydrogens (tertiary/aromatic N) is 2. The predicted octanol–water partition coefficient (Wildman–Crippen LogP) is 2.76. The highest BCUT2D eigenvalue weighted by Gasteiger charge is 2.24. The molecule has 0 unspecified atom stereocenters. The minimum atomic E-state index is -1.25. The smallest absolute Gasteiger partial charge is 0.166 e. The molecule has 1 aromatic carbocycles. The van der Waals surface area contributed by atoms with Crippen molar-refractivity contribution < 1.29 is 13.5 Å². The molecule has 0 saturated heterocycles. The molecule has 1 aromatic rings. The van der Waals surface area contributed by atoms with Crippen LogP contribution >= 0.6 is 11.6 Å². The highest BCUT2D eigenvalue weighted by Crippen LogP contribution is 2.35. The maximum atomic E-state index is 13.5. The summed E-state index contributed by atoms with van der Waals surface area (Å²) in [6.45, 7) is 1.67. The van der Waals surface area contributed by atoms with E-state index in [0.29, 0.717) is 0 Å². The van der Waals surface area contributed by atoms with Gasteiger partial charge < -0.3 is 4.74 Å². The molecule has 0 aromatic heterocycles. The van der Waals surface area contributed by atoms with E-state index < -0.39 is 27.8 Å². The minimum absolute atomic E-state index is 0.0964. The first-order valence-electron chi connectivity index (χ1n) is 4.21. The van der Waals surface area contributed by atoms with E-state index in [9.17, 15) is 8.78 Å². The number of ether oxygens (including phenoxy) is 1. The molecule has 0 radical (unpaired) electrons. The molecule has 6 heteroatoms. The van der Waals surface area contributed by atoms with Crippen molar-refractivity contribution >= 4 is 11.6 Å². The largest absolute Gasteiger partial charge is 0.491 e. The van der Waals surface area contributed by atoms with Crippen molar-refractivity contribution in [3.05, 3.63) is 27.8 Å². The molecule has 0 bridgehead atoms. The Morgan fingerprint density at radius 3 is 2.19 bits per heavy atom. The Balaban J connectivity index is 3.66. The van der Waals surface area contributed by atoms with E-state index >= 15 is 0 Å². The van der Waals surface area contributed by atoms with Crippen molar-refractivity contribution in [3.63, 3.8) is 0 Å². The molecule has 0 fully saturated rings. The highest BCUT2D eigenvalue weighted by atomic mass is 35.5. The molecular formula is C10H5ClF2N2O. The van der Waals surface area contributed by atoms with Gasteiger partial charge in [0.15, 0.2) is 17.4 Å². The van der Waals surface area contributed by atoms with Crippen LogP contribution in [0.3, 0.4) is 0 Å². The van der Waals surface area contributed by atoms with Gasteiger partial charge in [-0.05, 0) is 6.92 Å². The Morgan fingerprint density at radius 2 is 1.75 bits per heavy atom. The summed E-state index contributed by atoms with van der Waals surface area (Å²) in [4.78, 5) is 0. The van der Waals surface area contributed by atoms with Crippen molar-refractivity contribution in [2.75, 3.05) is 6.61 Å². The second-order valence-electron chi connectivity index (χ2n) is 2.68. The van der Waals surface area contributed by atoms with Crippen molar-refractivity contribution in [1.82, 2.24) is 0 Å². The lowest BCUT2D eigenvalue weighted by atomic mass is 10.1. The molecule has 0 heterocycles. The topological polar surface area (TPSA) is 56.8 Å². The van der Waals surface area contributed by atoms with Crippen LogP contribution in [0.5, 0.6) is 5.75 Å². The van der Waals surface area contributed by atoms with Crippen LogP contribution in [-0.2, 0) is 0 Å². The van der Waals surface area contributed by atoms with Crippen molar-refractivity contribution in [2.45, 2.75) is 6.92 Å². The van der Waals surface area contributed by atoms with Gasteiger partial charge in [-0.2, -0.15) is 10.5 Å². The van der Waals surface area contributed by atoms with Crippen molar-refractivity contribution in [3.8, 4) is 17.9 Å². The third-order valence-electron chi connectivity index (χ3n) is 1.79. The fraction of sp³-hybridized carbons (Fsp3) is 0.200. The fourth-order valence-electron chi connectivity index (χ4n) is 1.12. The van der Waals surface area contributed by atoms with Crippen LogP contribution in [0.15, 0.2) is 0 Å². The summed E-state index contributed by atoms with van der Waals surface area (Å²) < 4.78 is 31.7. The standard InChI is InChI=1S/C10H5ClF2N2O/c1-2-16-10-6(4-15)8(12)5(3-14)9(13)7(10)11/h2H2,1H3. The van der Waals surface area contributed by atoms with Gasteiger partial charge in [0, 0.05) is 0 Å². The zero-order valence-electron chi connectivity index (χ0n) is 8.14. The lowest BCUT2D eigenvalue weighted by Crippen LogP contribution is -2.03. The molecule has 3 nitrogen and oxygen atoms in total. The van der Waals surface area contributed by atoms with E-state index in [1.165, 1.54) is 12.1 Å². The molecule has 1 rings (SSSR count). The highest BCUT2D eigenvalue weighted by molar-refractivity contribution is 6.32. The van der Waals surface area contributed by atoms with Crippen LogP contribution in [0, 0.1) is 34.3 Å². The maximum absolute atomic E-state index is 13.5. The molecule has 0 aliphatic carbocycles. The van der Waals surface area contributed by atoms with Gasteiger partial charge >= 0.3 is 0 Å². The molecule has 0 aliphatic heterocycles. The van der Waals surface area contributed by atoms with Gasteiger partial charge in [-0.1, -0.05) is 11.6 Å². The normalized spacial score (nSPS) is 9.38. The van der Waals surface area contributed by atoms with E-state index in [1.54, 1.807) is 6.92 Å². The monoisotopic (exact) mass is 242 g/mol. The van der Waals surface area contributed by atoms with Gasteiger partial charge in [-0.25, -0.2) is 8.78 Å². The fourth-order valence-corrected chi connectivity index (χ4v) is 1.36. The molecule has 0 saturated carbocycles. The molecule has 82 valence electrons. The Kier molecular flexibility index (Phi) is 3.65. The zero-order valence-corrected chi connectivity index (χ0v) is 8.90. The Labute approximate surface area is 95.4 Å². The van der Waals surface area contributed by atoms with E-state index in [0.717, 1.165) is 0 Å². The van der Waals surface area contributed by atoms with Crippen LogP contribution in [-0.4, -0.2) is 6.61 Å². The molecule has 0 aliphatic rings. The summed E-state index contributed by atoms with van der Waals surface area (Å²) in [6.07, 6.45) is 0. The van der Waals surface area contributed by atoms with Gasteiger partial charge in [0.2, 0.25) is 0 Å². The maximum Gasteiger partial charge on any atom is 0.166 e. The lowest BCUT2D eigenvalue weighted by molar-refractivity contribution is 0.334. The summed E-state index contributed by atoms with van der Waals surface area (Å²) in [5.74, 6) is -2.85. The number of hydrogen-bond donors (Lipinski definition) is 0. The van der Waals surface area contributed by atoms with Crippen LogP contribution in [0.1, 0.15) is 18.1 Å². The van der Waals surface area contributed by atoms with E-state index in [1.807, 2.05) is 0 Å². The van der Waals surface area contributed by atoms with Gasteiger partial charge in [-0.3, -0.25) is 0 Å².